The number of aromatic nitrogens is 1. The molecule has 0 amide bonds. The van der Waals surface area contributed by atoms with Crippen molar-refractivity contribution in [3.8, 4) is 0 Å². The molecule has 5 rings (SSSR count). The van der Waals surface area contributed by atoms with Crippen LogP contribution in [-0.2, 0) is 22.4 Å². The molecule has 8 heteroatoms. The number of likely N-dealkylation sites (tertiary alicyclic amines) is 1. The lowest BCUT2D eigenvalue weighted by molar-refractivity contribution is -0.151. The van der Waals surface area contributed by atoms with Crippen LogP contribution in [0.4, 0.5) is 4.39 Å². The van der Waals surface area contributed by atoms with Gasteiger partial charge in [0.25, 0.3) is 0 Å². The quantitative estimate of drug-likeness (QED) is 0.216. The molecule has 0 bridgehead atoms. The summed E-state index contributed by atoms with van der Waals surface area (Å²) in [5, 5.41) is 0.725. The molecule has 0 radical (unpaired) electrons. The highest BCUT2D eigenvalue weighted by Gasteiger charge is 2.39. The number of likely N-dealkylation sites (N-methyl/N-ethyl adjacent to an activating group) is 1. The predicted octanol–water partition coefficient (Wildman–Crippen LogP) is 7.64. The van der Waals surface area contributed by atoms with E-state index in [4.69, 9.17) is 25.7 Å². The van der Waals surface area contributed by atoms with Crippen molar-refractivity contribution in [3.05, 3.63) is 87.8 Å². The van der Waals surface area contributed by atoms with Crippen LogP contribution in [0.3, 0.4) is 0 Å². The molecule has 1 aliphatic carbocycles. The van der Waals surface area contributed by atoms with Crippen molar-refractivity contribution < 1.29 is 18.3 Å². The molecule has 0 N–H and O–H groups in total. The maximum Gasteiger partial charge on any atom is 0.320 e. The van der Waals surface area contributed by atoms with Gasteiger partial charge < -0.3 is 14.1 Å². The van der Waals surface area contributed by atoms with Crippen molar-refractivity contribution in [2.75, 3.05) is 33.2 Å². The van der Waals surface area contributed by atoms with E-state index in [-0.39, 0.29) is 41.8 Å². The molecule has 2 aromatic carbocycles. The van der Waals surface area contributed by atoms with Crippen LogP contribution in [0.5, 0.6) is 0 Å². The Morgan fingerprint density at radius 1 is 1.14 bits per heavy atom. The summed E-state index contributed by atoms with van der Waals surface area (Å²) in [6.07, 6.45) is 4.89. The standard InChI is InChI=1S/C36H47ClFN3O3/c1-6-32-35(44-33(39-32)18-24-10-12-28(37)13-11-24)25-14-16-41(17-15-25)22-27-20-30(43-34(42)23-40(5)36(2,3)4)21-31(27)26-8-7-9-29(38)19-26/h7-13,19,25,27,30-31H,6,14-18,20-23H2,1-5H3/t27-,30+,31-/m1/s1. The number of nitrogens with zero attached hydrogens (tertiary/aromatic N) is 3. The summed E-state index contributed by atoms with van der Waals surface area (Å²) in [4.78, 5) is 22.2. The maximum atomic E-state index is 14.3. The van der Waals surface area contributed by atoms with Gasteiger partial charge in [0.2, 0.25) is 0 Å². The number of piperidine rings is 1. The van der Waals surface area contributed by atoms with Crippen LogP contribution >= 0.6 is 11.6 Å². The topological polar surface area (TPSA) is 58.8 Å². The second-order valence-corrected chi connectivity index (χ2v) is 14.1. The molecule has 0 unspecified atom stereocenters. The van der Waals surface area contributed by atoms with E-state index in [2.05, 4.69) is 32.6 Å². The SMILES string of the molecule is CCc1nc(Cc2ccc(Cl)cc2)oc1C1CCN(C[C@H]2C[C@H](OC(=O)CN(C)C(C)(C)C)C[C@@H]2c2cccc(F)c2)CC1. The molecule has 1 aliphatic heterocycles. The van der Waals surface area contributed by atoms with E-state index in [0.29, 0.717) is 12.3 Å². The number of esters is 1. The summed E-state index contributed by atoms with van der Waals surface area (Å²) in [6.45, 7) is 11.5. The number of carbonyl (C=O) groups excluding carboxylic acids is 1. The van der Waals surface area contributed by atoms with Gasteiger partial charge in [0, 0.05) is 29.4 Å². The Kier molecular flexibility index (Phi) is 10.5. The number of hydrogen-bond acceptors (Lipinski definition) is 6. The van der Waals surface area contributed by atoms with Crippen LogP contribution < -0.4 is 0 Å². The summed E-state index contributed by atoms with van der Waals surface area (Å²) >= 11 is 6.06. The molecule has 2 heterocycles. The average molecular weight is 624 g/mol. The second kappa shape index (κ2) is 14.1. The van der Waals surface area contributed by atoms with Crippen molar-refractivity contribution >= 4 is 17.6 Å². The molecule has 0 spiro atoms. The number of hydrogen-bond donors (Lipinski definition) is 0. The average Bonchev–Trinajstić information content (AvgIpc) is 3.57. The Hall–Kier alpha value is -2.74. The van der Waals surface area contributed by atoms with Gasteiger partial charge in [0.1, 0.15) is 17.7 Å². The third kappa shape index (κ3) is 8.29. The van der Waals surface area contributed by atoms with Crippen LogP contribution in [-0.4, -0.2) is 65.6 Å². The van der Waals surface area contributed by atoms with Gasteiger partial charge in [-0.15, -0.1) is 0 Å². The first-order valence-corrected chi connectivity index (χ1v) is 16.5. The number of halogens is 2. The second-order valence-electron chi connectivity index (χ2n) is 13.7. The predicted molar refractivity (Wildman–Crippen MR) is 173 cm³/mol. The zero-order valence-corrected chi connectivity index (χ0v) is 27.6. The van der Waals surface area contributed by atoms with Gasteiger partial charge >= 0.3 is 5.97 Å². The summed E-state index contributed by atoms with van der Waals surface area (Å²) in [5.41, 5.74) is 3.08. The fourth-order valence-corrected chi connectivity index (χ4v) is 6.85. The Labute approximate surface area is 266 Å². The van der Waals surface area contributed by atoms with E-state index in [1.807, 2.05) is 42.3 Å². The Morgan fingerprint density at radius 3 is 2.52 bits per heavy atom. The molecular formula is C36H47ClFN3O3. The van der Waals surface area contributed by atoms with Crippen molar-refractivity contribution in [2.24, 2.45) is 5.92 Å². The van der Waals surface area contributed by atoms with Gasteiger partial charge in [0.15, 0.2) is 5.89 Å². The molecule has 1 aromatic heterocycles. The molecule has 6 nitrogen and oxygen atoms in total. The largest absolute Gasteiger partial charge is 0.461 e. The minimum atomic E-state index is -0.219. The summed E-state index contributed by atoms with van der Waals surface area (Å²) in [5.74, 6) is 2.18. The highest BCUT2D eigenvalue weighted by molar-refractivity contribution is 6.30. The maximum absolute atomic E-state index is 14.3. The van der Waals surface area contributed by atoms with E-state index in [9.17, 15) is 9.18 Å². The minimum Gasteiger partial charge on any atom is -0.461 e. The van der Waals surface area contributed by atoms with Crippen LogP contribution in [0.1, 0.15) is 93.7 Å². The highest BCUT2D eigenvalue weighted by atomic mass is 35.5. The minimum absolute atomic E-state index is 0.116. The van der Waals surface area contributed by atoms with Crippen LogP contribution in [0.15, 0.2) is 52.9 Å². The number of benzene rings is 2. The summed E-state index contributed by atoms with van der Waals surface area (Å²) in [6, 6.07) is 14.8. The van der Waals surface area contributed by atoms with Gasteiger partial charge in [-0.1, -0.05) is 42.8 Å². The molecule has 1 saturated carbocycles. The zero-order chi connectivity index (χ0) is 31.4. The zero-order valence-electron chi connectivity index (χ0n) is 26.8. The molecule has 3 atom stereocenters. The molecule has 238 valence electrons. The summed E-state index contributed by atoms with van der Waals surface area (Å²) < 4.78 is 26.6. The van der Waals surface area contributed by atoms with Crippen LogP contribution in [0.25, 0.3) is 0 Å². The van der Waals surface area contributed by atoms with Crippen LogP contribution in [0.2, 0.25) is 5.02 Å². The Balaban J connectivity index is 1.21. The number of rotatable bonds is 10. The van der Waals surface area contributed by atoms with E-state index < -0.39 is 0 Å². The van der Waals surface area contributed by atoms with Gasteiger partial charge in [-0.25, -0.2) is 9.37 Å². The first-order valence-electron chi connectivity index (χ1n) is 16.1. The third-order valence-corrected chi connectivity index (χ3v) is 9.82. The van der Waals surface area contributed by atoms with Crippen molar-refractivity contribution in [2.45, 2.75) is 89.7 Å². The number of aryl methyl sites for hydroxylation is 1. The molecule has 2 fully saturated rings. The third-order valence-electron chi connectivity index (χ3n) is 9.56. The molecule has 2 aliphatic rings. The lowest BCUT2D eigenvalue weighted by Crippen LogP contribution is -2.42. The van der Waals surface area contributed by atoms with Gasteiger partial charge in [-0.2, -0.15) is 0 Å². The van der Waals surface area contributed by atoms with E-state index in [1.165, 1.54) is 6.07 Å². The first kappa shape index (κ1) is 32.6. The molecule has 44 heavy (non-hydrogen) atoms. The van der Waals surface area contributed by atoms with Gasteiger partial charge in [0.05, 0.1) is 12.2 Å². The van der Waals surface area contributed by atoms with Crippen molar-refractivity contribution in [1.29, 1.82) is 0 Å². The van der Waals surface area contributed by atoms with E-state index >= 15 is 0 Å². The summed E-state index contributed by atoms with van der Waals surface area (Å²) in [7, 11) is 1.95. The first-order chi connectivity index (χ1) is 21.0. The molecule has 1 saturated heterocycles. The van der Waals surface area contributed by atoms with E-state index in [0.717, 1.165) is 85.2 Å². The Morgan fingerprint density at radius 2 is 1.86 bits per heavy atom. The fourth-order valence-electron chi connectivity index (χ4n) is 6.72. The van der Waals surface area contributed by atoms with Crippen molar-refractivity contribution in [3.63, 3.8) is 0 Å². The number of oxazole rings is 1. The Bertz CT molecular complexity index is 1390. The smallest absolute Gasteiger partial charge is 0.320 e. The lowest BCUT2D eigenvalue weighted by Gasteiger charge is -2.34. The van der Waals surface area contributed by atoms with E-state index in [1.54, 1.807) is 12.1 Å². The highest BCUT2D eigenvalue weighted by Crippen LogP contribution is 2.43. The van der Waals surface area contributed by atoms with Gasteiger partial charge in [-0.05, 0) is 120 Å². The fraction of sp³-hybridized carbons (Fsp3) is 0.556. The molecule has 3 aromatic rings. The monoisotopic (exact) mass is 623 g/mol. The number of carbonyl (C=O) groups is 1. The normalized spacial score (nSPS) is 21.7. The lowest BCUT2D eigenvalue weighted by atomic mass is 9.87. The van der Waals surface area contributed by atoms with Crippen LogP contribution in [0, 0.1) is 11.7 Å². The van der Waals surface area contributed by atoms with Crippen molar-refractivity contribution in [1.82, 2.24) is 14.8 Å². The molecular weight excluding hydrogens is 577 g/mol. The van der Waals surface area contributed by atoms with Gasteiger partial charge in [-0.3, -0.25) is 9.69 Å². The number of ether oxygens (including phenoxy) is 1.